The zero-order valence-corrected chi connectivity index (χ0v) is 43.8. The normalized spacial score (nSPS) is 13.0. The number of hydrogen-bond donors (Lipinski definition) is 0. The van der Waals surface area contributed by atoms with Crippen molar-refractivity contribution in [3.05, 3.63) is 122 Å². The summed E-state index contributed by atoms with van der Waals surface area (Å²) in [7, 11) is 0. The number of unbranched alkanes of at least 4 members (excludes halogenated alkanes) is 20. The van der Waals surface area contributed by atoms with E-state index in [1.54, 1.807) is 0 Å². The van der Waals surface area contributed by atoms with Crippen LogP contribution in [-0.4, -0.2) is 37.2 Å². The highest BCUT2D eigenvalue weighted by atomic mass is 16.6. The Bertz CT molecular complexity index is 1450. The van der Waals surface area contributed by atoms with E-state index in [9.17, 15) is 14.4 Å². The molecule has 0 radical (unpaired) electrons. The molecule has 0 aromatic heterocycles. The molecule has 0 saturated heterocycles. The van der Waals surface area contributed by atoms with Crippen LogP contribution in [0.4, 0.5) is 0 Å². The molecule has 0 aliphatic rings. The molecule has 6 nitrogen and oxygen atoms in total. The van der Waals surface area contributed by atoms with Gasteiger partial charge in [0.05, 0.1) is 0 Å². The Morgan fingerprint density at radius 2 is 0.603 bits per heavy atom. The van der Waals surface area contributed by atoms with Gasteiger partial charge in [0.15, 0.2) is 6.10 Å². The molecule has 0 bridgehead atoms. The number of esters is 3. The van der Waals surface area contributed by atoms with Gasteiger partial charge in [-0.05, 0) is 103 Å². The SMILES string of the molecule is CC\C=C/C=C\C=C/C=C\CCCCCCCC(=O)OCC(COC(=O)CCCCCCCCCCC/C=C\C/C=C\C/C=C\CC)OC(=O)CCCCCCCC/C=C\C/C=C\C/C=C\CC. The molecule has 0 spiro atoms. The first-order valence-electron chi connectivity index (χ1n) is 27.6. The van der Waals surface area contributed by atoms with E-state index in [0.717, 1.165) is 135 Å². The second-order valence-corrected chi connectivity index (χ2v) is 17.8. The van der Waals surface area contributed by atoms with Crippen LogP contribution in [0.2, 0.25) is 0 Å². The molecule has 0 amide bonds. The Hall–Kier alpha value is -4.19. The van der Waals surface area contributed by atoms with Crippen molar-refractivity contribution in [3.63, 3.8) is 0 Å². The van der Waals surface area contributed by atoms with Gasteiger partial charge in [0.1, 0.15) is 13.2 Å². The van der Waals surface area contributed by atoms with Crippen molar-refractivity contribution in [1.82, 2.24) is 0 Å². The van der Waals surface area contributed by atoms with Crippen LogP contribution in [0.1, 0.15) is 233 Å². The number of carbonyl (C=O) groups excluding carboxylic acids is 3. The monoisotopic (exact) mass is 941 g/mol. The Balaban J connectivity index is 4.45. The van der Waals surface area contributed by atoms with Crippen LogP contribution in [0.25, 0.3) is 0 Å². The van der Waals surface area contributed by atoms with E-state index < -0.39 is 6.10 Å². The average molecular weight is 941 g/mol. The van der Waals surface area contributed by atoms with Crippen LogP contribution >= 0.6 is 0 Å². The van der Waals surface area contributed by atoms with Crippen molar-refractivity contribution in [3.8, 4) is 0 Å². The molecule has 0 fully saturated rings. The van der Waals surface area contributed by atoms with Crippen molar-refractivity contribution < 1.29 is 28.6 Å². The molecular weight excluding hydrogens is 841 g/mol. The predicted octanol–water partition coefficient (Wildman–Crippen LogP) is 18.5. The summed E-state index contributed by atoms with van der Waals surface area (Å²) in [5.74, 6) is -0.942. The Kier molecular flexibility index (Phi) is 52.0. The van der Waals surface area contributed by atoms with E-state index >= 15 is 0 Å². The summed E-state index contributed by atoms with van der Waals surface area (Å²) in [4.78, 5) is 38.1. The molecule has 0 aromatic rings. The summed E-state index contributed by atoms with van der Waals surface area (Å²) in [6, 6.07) is 0. The van der Waals surface area contributed by atoms with E-state index in [1.807, 2.05) is 18.2 Å². The minimum absolute atomic E-state index is 0.0973. The van der Waals surface area contributed by atoms with Crippen LogP contribution < -0.4 is 0 Å². The number of hydrogen-bond acceptors (Lipinski definition) is 6. The molecule has 68 heavy (non-hydrogen) atoms. The van der Waals surface area contributed by atoms with Gasteiger partial charge in [-0.3, -0.25) is 14.4 Å². The minimum Gasteiger partial charge on any atom is -0.462 e. The number of allylic oxidation sites excluding steroid dienone is 20. The molecular formula is C62H100O6. The smallest absolute Gasteiger partial charge is 0.306 e. The third-order valence-corrected chi connectivity index (χ3v) is 11.3. The van der Waals surface area contributed by atoms with Crippen molar-refractivity contribution in [2.45, 2.75) is 239 Å². The summed E-state index contributed by atoms with van der Waals surface area (Å²) in [6.45, 7) is 6.24. The second kappa shape index (κ2) is 55.4. The maximum atomic E-state index is 12.8. The van der Waals surface area contributed by atoms with Crippen molar-refractivity contribution in [2.75, 3.05) is 13.2 Å². The summed E-state index contributed by atoms with van der Waals surface area (Å²) in [5.41, 5.74) is 0. The van der Waals surface area contributed by atoms with Crippen molar-refractivity contribution in [2.24, 2.45) is 0 Å². The Morgan fingerprint density at radius 1 is 0.309 bits per heavy atom. The van der Waals surface area contributed by atoms with E-state index in [4.69, 9.17) is 14.2 Å². The third-order valence-electron chi connectivity index (χ3n) is 11.3. The zero-order valence-electron chi connectivity index (χ0n) is 43.8. The summed E-state index contributed by atoms with van der Waals surface area (Å²) < 4.78 is 16.8. The summed E-state index contributed by atoms with van der Waals surface area (Å²) in [6.07, 6.45) is 76.1. The Morgan fingerprint density at radius 3 is 1.00 bits per heavy atom. The molecule has 0 aliphatic carbocycles. The maximum absolute atomic E-state index is 12.8. The molecule has 0 aliphatic heterocycles. The lowest BCUT2D eigenvalue weighted by atomic mass is 10.1. The van der Waals surface area contributed by atoms with Gasteiger partial charge in [0.2, 0.25) is 0 Å². The van der Waals surface area contributed by atoms with Crippen molar-refractivity contribution >= 4 is 17.9 Å². The van der Waals surface area contributed by atoms with Gasteiger partial charge in [-0.1, -0.05) is 232 Å². The lowest BCUT2D eigenvalue weighted by Gasteiger charge is -2.18. The lowest BCUT2D eigenvalue weighted by Crippen LogP contribution is -2.30. The van der Waals surface area contributed by atoms with Crippen LogP contribution in [0.3, 0.4) is 0 Å². The van der Waals surface area contributed by atoms with Gasteiger partial charge in [0.25, 0.3) is 0 Å². The lowest BCUT2D eigenvalue weighted by molar-refractivity contribution is -0.167. The second-order valence-electron chi connectivity index (χ2n) is 17.8. The standard InChI is InChI=1S/C62H100O6/c1-4-7-10-13-16-19-22-25-28-30-31-32-35-37-40-43-46-49-52-55-61(64)67-58-59(57-66-60(63)54-51-48-45-42-39-36-33-27-24-21-18-15-12-9-6-3)68-62(65)56-53-50-47-44-41-38-34-29-26-23-20-17-14-11-8-5-2/h7-12,15-21,24-29,33,59H,4-6,13-14,22-23,30-32,34-58H2,1-3H3/b10-7-,11-8-,12-9-,18-15-,19-16-,20-17-,24-21-,28-25-,29-26-,33-27-. The van der Waals surface area contributed by atoms with E-state index in [2.05, 4.69) is 124 Å². The third kappa shape index (κ3) is 52.8. The van der Waals surface area contributed by atoms with Gasteiger partial charge in [-0.2, -0.15) is 0 Å². The fourth-order valence-electron chi connectivity index (χ4n) is 7.25. The average Bonchev–Trinajstić information content (AvgIpc) is 3.34. The highest BCUT2D eigenvalue weighted by Crippen LogP contribution is 2.14. The van der Waals surface area contributed by atoms with E-state index in [-0.39, 0.29) is 31.1 Å². The molecule has 1 unspecified atom stereocenters. The molecule has 0 aromatic carbocycles. The fraction of sp³-hybridized carbons (Fsp3) is 0.629. The van der Waals surface area contributed by atoms with Gasteiger partial charge >= 0.3 is 17.9 Å². The zero-order chi connectivity index (χ0) is 49.3. The van der Waals surface area contributed by atoms with Gasteiger partial charge in [-0.15, -0.1) is 0 Å². The largest absolute Gasteiger partial charge is 0.462 e. The molecule has 0 N–H and O–H groups in total. The summed E-state index contributed by atoms with van der Waals surface area (Å²) in [5, 5.41) is 0. The van der Waals surface area contributed by atoms with E-state index in [1.165, 1.54) is 57.8 Å². The number of carbonyl (C=O) groups is 3. The van der Waals surface area contributed by atoms with Crippen LogP contribution in [0, 0.1) is 0 Å². The molecule has 0 saturated carbocycles. The molecule has 0 heterocycles. The Labute approximate surface area is 418 Å². The maximum Gasteiger partial charge on any atom is 0.306 e. The van der Waals surface area contributed by atoms with E-state index in [0.29, 0.717) is 19.3 Å². The van der Waals surface area contributed by atoms with Crippen LogP contribution in [0.5, 0.6) is 0 Å². The number of rotatable bonds is 48. The topological polar surface area (TPSA) is 78.9 Å². The quantitative estimate of drug-likeness (QED) is 0.0199. The highest BCUT2D eigenvalue weighted by molar-refractivity contribution is 5.71. The van der Waals surface area contributed by atoms with Gasteiger partial charge in [-0.25, -0.2) is 0 Å². The van der Waals surface area contributed by atoms with Crippen LogP contribution in [0.15, 0.2) is 122 Å². The van der Waals surface area contributed by atoms with Gasteiger partial charge < -0.3 is 14.2 Å². The van der Waals surface area contributed by atoms with Crippen LogP contribution in [-0.2, 0) is 28.6 Å². The number of ether oxygens (including phenoxy) is 3. The molecule has 384 valence electrons. The first-order valence-corrected chi connectivity index (χ1v) is 27.6. The minimum atomic E-state index is -0.801. The molecule has 0 rings (SSSR count). The fourth-order valence-corrected chi connectivity index (χ4v) is 7.25. The summed E-state index contributed by atoms with van der Waals surface area (Å²) >= 11 is 0. The first kappa shape index (κ1) is 63.8. The highest BCUT2D eigenvalue weighted by Gasteiger charge is 2.19. The molecule has 6 heteroatoms. The van der Waals surface area contributed by atoms with Gasteiger partial charge in [0, 0.05) is 19.3 Å². The predicted molar refractivity (Wildman–Crippen MR) is 293 cm³/mol. The molecule has 1 atom stereocenters. The first-order chi connectivity index (χ1) is 33.5. The van der Waals surface area contributed by atoms with Crippen molar-refractivity contribution in [1.29, 1.82) is 0 Å².